The maximum Gasteiger partial charge on any atom is 0.306 e. The van der Waals surface area contributed by atoms with Crippen molar-refractivity contribution in [3.05, 3.63) is 29.3 Å². The summed E-state index contributed by atoms with van der Waals surface area (Å²) in [7, 11) is 1.25. The Kier molecular flexibility index (Phi) is 4.43. The minimum Gasteiger partial charge on any atom is -0.494 e. The van der Waals surface area contributed by atoms with Crippen LogP contribution in [0, 0.1) is 17.6 Å². The molecule has 0 saturated heterocycles. The number of hydrogen-bond acceptors (Lipinski definition) is 2. The summed E-state index contributed by atoms with van der Waals surface area (Å²) in [5.41, 5.74) is 0.163. The van der Waals surface area contributed by atoms with Crippen molar-refractivity contribution in [2.45, 2.75) is 19.8 Å². The first-order valence-corrected chi connectivity index (χ1v) is 5.20. The van der Waals surface area contributed by atoms with E-state index in [2.05, 4.69) is 4.74 Å². The second-order valence-electron chi connectivity index (χ2n) is 3.86. The molecular weight excluding hydrogens is 230 g/mol. The molecule has 0 heterocycles. The second kappa shape index (κ2) is 5.61. The molecule has 0 aromatic heterocycles. The SMILES string of the molecule is COc1cc(F)c(CCC(C)C(=O)O)cc1F. The van der Waals surface area contributed by atoms with Gasteiger partial charge in [-0.15, -0.1) is 0 Å². The number of halogens is 2. The van der Waals surface area contributed by atoms with Gasteiger partial charge in [0.1, 0.15) is 5.82 Å². The van der Waals surface area contributed by atoms with Gasteiger partial charge in [-0.3, -0.25) is 4.79 Å². The zero-order valence-corrected chi connectivity index (χ0v) is 9.67. The molecule has 0 saturated carbocycles. The zero-order chi connectivity index (χ0) is 13.0. The first kappa shape index (κ1) is 13.4. The number of hydrogen-bond donors (Lipinski definition) is 1. The lowest BCUT2D eigenvalue weighted by atomic mass is 10.0. The van der Waals surface area contributed by atoms with Crippen LogP contribution >= 0.6 is 0 Å². The molecule has 0 aliphatic heterocycles. The highest BCUT2D eigenvalue weighted by Crippen LogP contribution is 2.23. The molecule has 1 aromatic rings. The van der Waals surface area contributed by atoms with Gasteiger partial charge in [-0.2, -0.15) is 0 Å². The molecule has 0 aliphatic rings. The van der Waals surface area contributed by atoms with Crippen LogP contribution in [0.4, 0.5) is 8.78 Å². The Balaban J connectivity index is 2.78. The highest BCUT2D eigenvalue weighted by molar-refractivity contribution is 5.69. The summed E-state index contributed by atoms with van der Waals surface area (Å²) in [6, 6.07) is 2.01. The molecule has 0 amide bonds. The van der Waals surface area contributed by atoms with Crippen LogP contribution in [0.2, 0.25) is 0 Å². The van der Waals surface area contributed by atoms with Gasteiger partial charge in [0.25, 0.3) is 0 Å². The van der Waals surface area contributed by atoms with E-state index in [1.807, 2.05) is 0 Å². The standard InChI is InChI=1S/C12H14F2O3/c1-7(12(15)16)3-4-8-5-10(14)11(17-2)6-9(8)13/h5-7H,3-4H2,1-2H3,(H,15,16). The molecule has 1 rings (SSSR count). The maximum absolute atomic E-state index is 13.5. The van der Waals surface area contributed by atoms with E-state index in [-0.39, 0.29) is 24.2 Å². The molecule has 5 heteroatoms. The van der Waals surface area contributed by atoms with Gasteiger partial charge in [-0.25, -0.2) is 8.78 Å². The number of aliphatic carboxylic acids is 1. The summed E-state index contributed by atoms with van der Waals surface area (Å²) in [6.07, 6.45) is 0.443. The molecule has 0 fully saturated rings. The van der Waals surface area contributed by atoms with Crippen LogP contribution in [0.1, 0.15) is 18.9 Å². The van der Waals surface area contributed by atoms with Crippen LogP contribution in [0.25, 0.3) is 0 Å². The zero-order valence-electron chi connectivity index (χ0n) is 9.67. The highest BCUT2D eigenvalue weighted by atomic mass is 19.1. The predicted molar refractivity (Wildman–Crippen MR) is 58.0 cm³/mol. The molecule has 3 nitrogen and oxygen atoms in total. The molecule has 17 heavy (non-hydrogen) atoms. The van der Waals surface area contributed by atoms with Crippen molar-refractivity contribution in [2.24, 2.45) is 5.92 Å². The molecule has 0 aliphatic carbocycles. The van der Waals surface area contributed by atoms with Gasteiger partial charge in [0.15, 0.2) is 11.6 Å². The molecule has 0 radical (unpaired) electrons. The number of rotatable bonds is 5. The Morgan fingerprint density at radius 2 is 2.06 bits per heavy atom. The molecule has 1 unspecified atom stereocenters. The third-order valence-electron chi connectivity index (χ3n) is 2.59. The first-order chi connectivity index (χ1) is 7.95. The molecular formula is C12H14F2O3. The first-order valence-electron chi connectivity index (χ1n) is 5.20. The van der Waals surface area contributed by atoms with Gasteiger partial charge in [-0.1, -0.05) is 6.92 Å². The number of aryl methyl sites for hydroxylation is 1. The molecule has 94 valence electrons. The van der Waals surface area contributed by atoms with Crippen molar-refractivity contribution in [3.8, 4) is 5.75 Å². The fourth-order valence-electron chi connectivity index (χ4n) is 1.41. The smallest absolute Gasteiger partial charge is 0.306 e. The molecule has 0 spiro atoms. The summed E-state index contributed by atoms with van der Waals surface area (Å²) < 4.78 is 31.4. The van der Waals surface area contributed by atoms with Gasteiger partial charge < -0.3 is 9.84 Å². The lowest BCUT2D eigenvalue weighted by molar-refractivity contribution is -0.141. The normalized spacial score (nSPS) is 12.2. The van der Waals surface area contributed by atoms with Gasteiger partial charge >= 0.3 is 5.97 Å². The van der Waals surface area contributed by atoms with Gasteiger partial charge in [0, 0.05) is 6.07 Å². The summed E-state index contributed by atoms with van der Waals surface area (Å²) in [5.74, 6) is -2.91. The second-order valence-corrected chi connectivity index (χ2v) is 3.86. The number of ether oxygens (including phenoxy) is 1. The molecule has 1 atom stereocenters. The van der Waals surface area contributed by atoms with E-state index in [9.17, 15) is 13.6 Å². The minimum absolute atomic E-state index is 0.155. The summed E-state index contributed by atoms with van der Waals surface area (Å²) >= 11 is 0. The van der Waals surface area contributed by atoms with Crippen LogP contribution in [-0.2, 0) is 11.2 Å². The highest BCUT2D eigenvalue weighted by Gasteiger charge is 2.14. The van der Waals surface area contributed by atoms with Crippen LogP contribution in [0.3, 0.4) is 0 Å². The quantitative estimate of drug-likeness (QED) is 0.866. The van der Waals surface area contributed by atoms with Crippen molar-refractivity contribution in [2.75, 3.05) is 7.11 Å². The minimum atomic E-state index is -0.945. The van der Waals surface area contributed by atoms with Crippen LogP contribution < -0.4 is 4.74 Å². The lowest BCUT2D eigenvalue weighted by Gasteiger charge is -2.09. The number of carboxylic acids is 1. The van der Waals surface area contributed by atoms with Crippen LogP contribution in [0.5, 0.6) is 5.75 Å². The Bertz CT molecular complexity index is 418. The molecule has 1 aromatic carbocycles. The van der Waals surface area contributed by atoms with E-state index >= 15 is 0 Å². The van der Waals surface area contributed by atoms with E-state index in [1.165, 1.54) is 14.0 Å². The fourth-order valence-corrected chi connectivity index (χ4v) is 1.41. The number of benzene rings is 1. The van der Waals surface area contributed by atoms with E-state index in [4.69, 9.17) is 5.11 Å². The third-order valence-corrected chi connectivity index (χ3v) is 2.59. The summed E-state index contributed by atoms with van der Waals surface area (Å²) in [6.45, 7) is 1.53. The third kappa shape index (κ3) is 3.41. The van der Waals surface area contributed by atoms with Gasteiger partial charge in [0.2, 0.25) is 0 Å². The predicted octanol–water partition coefficient (Wildman–Crippen LogP) is 2.63. The average Bonchev–Trinajstić information content (AvgIpc) is 2.29. The Hall–Kier alpha value is -1.65. The van der Waals surface area contributed by atoms with E-state index in [1.54, 1.807) is 0 Å². The molecule has 1 N–H and O–H groups in total. The Morgan fingerprint density at radius 3 is 2.59 bits per heavy atom. The van der Waals surface area contributed by atoms with E-state index < -0.39 is 23.5 Å². The number of methoxy groups -OCH3 is 1. The topological polar surface area (TPSA) is 46.5 Å². The van der Waals surface area contributed by atoms with Crippen molar-refractivity contribution in [1.29, 1.82) is 0 Å². The van der Waals surface area contributed by atoms with Gasteiger partial charge in [0.05, 0.1) is 13.0 Å². The number of carbonyl (C=O) groups is 1. The van der Waals surface area contributed by atoms with Crippen molar-refractivity contribution < 1.29 is 23.4 Å². The monoisotopic (exact) mass is 244 g/mol. The van der Waals surface area contributed by atoms with Crippen molar-refractivity contribution in [1.82, 2.24) is 0 Å². The van der Waals surface area contributed by atoms with Gasteiger partial charge in [-0.05, 0) is 24.5 Å². The summed E-state index contributed by atoms with van der Waals surface area (Å²) in [5, 5.41) is 8.68. The van der Waals surface area contributed by atoms with Crippen molar-refractivity contribution in [3.63, 3.8) is 0 Å². The van der Waals surface area contributed by atoms with E-state index in [0.717, 1.165) is 12.1 Å². The fraction of sp³-hybridized carbons (Fsp3) is 0.417. The lowest BCUT2D eigenvalue weighted by Crippen LogP contribution is -2.10. The maximum atomic E-state index is 13.5. The average molecular weight is 244 g/mol. The summed E-state index contributed by atoms with van der Waals surface area (Å²) in [4.78, 5) is 10.6. The molecule has 0 bridgehead atoms. The number of carboxylic acid groups (broad SMARTS) is 1. The van der Waals surface area contributed by atoms with Crippen LogP contribution in [-0.4, -0.2) is 18.2 Å². The van der Waals surface area contributed by atoms with E-state index in [0.29, 0.717) is 0 Å². The van der Waals surface area contributed by atoms with Crippen LogP contribution in [0.15, 0.2) is 12.1 Å². The van der Waals surface area contributed by atoms with Crippen molar-refractivity contribution >= 4 is 5.97 Å². The largest absolute Gasteiger partial charge is 0.494 e. The Morgan fingerprint density at radius 1 is 1.41 bits per heavy atom. The Labute approximate surface area is 98.0 Å².